The fraction of sp³-hybridized carbons (Fsp3) is 0.353. The monoisotopic (exact) mass is 311 g/mol. The Morgan fingerprint density at radius 1 is 1.35 bits per heavy atom. The highest BCUT2D eigenvalue weighted by Gasteiger charge is 2.11. The normalized spacial score (nSPS) is 17.0. The van der Waals surface area contributed by atoms with Gasteiger partial charge in [-0.15, -0.1) is 0 Å². The van der Waals surface area contributed by atoms with Crippen molar-refractivity contribution in [2.24, 2.45) is 5.92 Å². The lowest BCUT2D eigenvalue weighted by Gasteiger charge is -2.18. The summed E-state index contributed by atoms with van der Waals surface area (Å²) in [4.78, 5) is 15.9. The number of amides is 2. The van der Waals surface area contributed by atoms with E-state index in [1.807, 2.05) is 24.3 Å². The van der Waals surface area contributed by atoms with Gasteiger partial charge in [-0.1, -0.05) is 24.3 Å². The maximum absolute atomic E-state index is 12.0. The third-order valence-electron chi connectivity index (χ3n) is 3.92. The number of hydrogen-bond donors (Lipinski definition) is 2. The molecule has 2 aromatic rings. The number of carbonyl (C=O) groups is 1. The zero-order valence-electron chi connectivity index (χ0n) is 13.0. The van der Waals surface area contributed by atoms with E-state index in [1.54, 1.807) is 11.0 Å². The Labute approximate surface area is 135 Å². The number of allylic oxidation sites excluding steroid dienone is 2. The highest BCUT2D eigenvalue weighted by molar-refractivity contribution is 5.89. The quantitative estimate of drug-likeness (QED) is 0.834. The van der Waals surface area contributed by atoms with Crippen LogP contribution in [0.4, 0.5) is 10.5 Å². The minimum absolute atomic E-state index is 0.155. The molecule has 6 heteroatoms. The van der Waals surface area contributed by atoms with Gasteiger partial charge in [0.25, 0.3) is 0 Å². The maximum Gasteiger partial charge on any atom is 0.319 e. The van der Waals surface area contributed by atoms with Crippen molar-refractivity contribution in [3.05, 3.63) is 54.6 Å². The fourth-order valence-corrected chi connectivity index (χ4v) is 2.70. The van der Waals surface area contributed by atoms with Crippen LogP contribution >= 0.6 is 0 Å². The summed E-state index contributed by atoms with van der Waals surface area (Å²) in [7, 11) is 0. The number of aromatic nitrogens is 3. The van der Waals surface area contributed by atoms with Crippen LogP contribution in [-0.2, 0) is 6.54 Å². The molecule has 0 aliphatic heterocycles. The van der Waals surface area contributed by atoms with Gasteiger partial charge in [-0.25, -0.2) is 14.5 Å². The third-order valence-corrected chi connectivity index (χ3v) is 3.92. The first-order valence-electron chi connectivity index (χ1n) is 7.91. The van der Waals surface area contributed by atoms with Crippen LogP contribution < -0.4 is 10.6 Å². The van der Waals surface area contributed by atoms with E-state index in [9.17, 15) is 4.79 Å². The molecule has 0 radical (unpaired) electrons. The van der Waals surface area contributed by atoms with E-state index in [2.05, 4.69) is 32.9 Å². The molecule has 1 aliphatic carbocycles. The molecule has 1 aromatic heterocycles. The molecular weight excluding hydrogens is 290 g/mol. The first-order chi connectivity index (χ1) is 11.3. The van der Waals surface area contributed by atoms with Crippen molar-refractivity contribution in [3.8, 4) is 0 Å². The molecule has 1 aliphatic rings. The molecule has 6 nitrogen and oxygen atoms in total. The summed E-state index contributed by atoms with van der Waals surface area (Å²) in [5.74, 6) is 0.546. The average molecular weight is 311 g/mol. The number of benzene rings is 1. The van der Waals surface area contributed by atoms with Gasteiger partial charge in [0, 0.05) is 12.2 Å². The predicted molar refractivity (Wildman–Crippen MR) is 89.1 cm³/mol. The van der Waals surface area contributed by atoms with Crippen LogP contribution in [0.25, 0.3) is 0 Å². The number of nitrogens with one attached hydrogen (secondary N) is 2. The lowest BCUT2D eigenvalue weighted by atomic mass is 9.94. The molecule has 0 bridgehead atoms. The molecule has 0 saturated heterocycles. The summed E-state index contributed by atoms with van der Waals surface area (Å²) >= 11 is 0. The van der Waals surface area contributed by atoms with Gasteiger partial charge in [-0.3, -0.25) is 0 Å². The van der Waals surface area contributed by atoms with Crippen LogP contribution in [0.5, 0.6) is 0 Å². The molecule has 120 valence electrons. The van der Waals surface area contributed by atoms with E-state index in [1.165, 1.54) is 6.33 Å². The molecule has 0 unspecified atom stereocenters. The van der Waals surface area contributed by atoms with Gasteiger partial charge >= 0.3 is 6.03 Å². The molecular formula is C17H21N5O. The molecule has 1 heterocycles. The van der Waals surface area contributed by atoms with Crippen molar-refractivity contribution in [3.63, 3.8) is 0 Å². The summed E-state index contributed by atoms with van der Waals surface area (Å²) in [6.07, 6.45) is 10.9. The third kappa shape index (κ3) is 4.67. The average Bonchev–Trinajstić information content (AvgIpc) is 3.07. The van der Waals surface area contributed by atoms with Crippen molar-refractivity contribution >= 4 is 11.7 Å². The predicted octanol–water partition coefficient (Wildman–Crippen LogP) is 2.80. The van der Waals surface area contributed by atoms with Gasteiger partial charge in [0.2, 0.25) is 0 Å². The van der Waals surface area contributed by atoms with Crippen LogP contribution in [0.3, 0.4) is 0 Å². The second-order valence-corrected chi connectivity index (χ2v) is 5.78. The van der Waals surface area contributed by atoms with Gasteiger partial charge in [0.15, 0.2) is 0 Å². The van der Waals surface area contributed by atoms with Gasteiger partial charge in [0.05, 0.1) is 6.54 Å². The summed E-state index contributed by atoms with van der Waals surface area (Å²) in [6.45, 7) is 1.35. The minimum atomic E-state index is -0.155. The van der Waals surface area contributed by atoms with Crippen LogP contribution in [0.1, 0.15) is 24.8 Å². The van der Waals surface area contributed by atoms with Gasteiger partial charge < -0.3 is 10.6 Å². The molecule has 0 spiro atoms. The molecule has 2 amide bonds. The number of hydrogen-bond acceptors (Lipinski definition) is 3. The van der Waals surface area contributed by atoms with Crippen molar-refractivity contribution in [1.29, 1.82) is 0 Å². The largest absolute Gasteiger partial charge is 0.338 e. The van der Waals surface area contributed by atoms with Crippen LogP contribution in [0.15, 0.2) is 49.1 Å². The molecule has 0 saturated carbocycles. The Morgan fingerprint density at radius 2 is 2.30 bits per heavy atom. The van der Waals surface area contributed by atoms with E-state index in [0.29, 0.717) is 12.5 Å². The van der Waals surface area contributed by atoms with E-state index in [0.717, 1.165) is 37.1 Å². The van der Waals surface area contributed by atoms with Gasteiger partial charge in [-0.2, -0.15) is 5.10 Å². The Hall–Kier alpha value is -2.63. The Balaban J connectivity index is 1.50. The van der Waals surface area contributed by atoms with Crippen LogP contribution in [0.2, 0.25) is 0 Å². The van der Waals surface area contributed by atoms with E-state index in [4.69, 9.17) is 0 Å². The highest BCUT2D eigenvalue weighted by Crippen LogP contribution is 2.17. The lowest BCUT2D eigenvalue weighted by molar-refractivity contribution is 0.249. The van der Waals surface area contributed by atoms with Gasteiger partial charge in [-0.05, 0) is 42.9 Å². The second-order valence-electron chi connectivity index (χ2n) is 5.78. The molecule has 1 atom stereocenters. The van der Waals surface area contributed by atoms with E-state index >= 15 is 0 Å². The van der Waals surface area contributed by atoms with Crippen molar-refractivity contribution < 1.29 is 4.79 Å². The SMILES string of the molecule is O=C(NC[C@H]1CC=CCC1)Nc1cccc(Cn2cncn2)c1. The molecule has 23 heavy (non-hydrogen) atoms. The zero-order chi connectivity index (χ0) is 15.9. The highest BCUT2D eigenvalue weighted by atomic mass is 16.2. The van der Waals surface area contributed by atoms with Crippen molar-refractivity contribution in [2.75, 3.05) is 11.9 Å². The summed E-state index contributed by atoms with van der Waals surface area (Å²) in [5.41, 5.74) is 1.84. The van der Waals surface area contributed by atoms with Crippen LogP contribution in [-0.4, -0.2) is 27.3 Å². The Bertz CT molecular complexity index is 665. The summed E-state index contributed by atoms with van der Waals surface area (Å²) in [6, 6.07) is 7.60. The van der Waals surface area contributed by atoms with Crippen LogP contribution in [0, 0.1) is 5.92 Å². The second kappa shape index (κ2) is 7.58. The topological polar surface area (TPSA) is 71.8 Å². The number of rotatable bonds is 5. The number of carbonyl (C=O) groups excluding carboxylic acids is 1. The van der Waals surface area contributed by atoms with E-state index < -0.39 is 0 Å². The summed E-state index contributed by atoms with van der Waals surface area (Å²) < 4.78 is 1.75. The summed E-state index contributed by atoms with van der Waals surface area (Å²) in [5, 5.41) is 9.93. The first kappa shape index (κ1) is 15.3. The van der Waals surface area contributed by atoms with Crippen molar-refractivity contribution in [1.82, 2.24) is 20.1 Å². The number of urea groups is 1. The lowest BCUT2D eigenvalue weighted by Crippen LogP contribution is -2.33. The maximum atomic E-state index is 12.0. The Kier molecular flexibility index (Phi) is 5.03. The first-order valence-corrected chi connectivity index (χ1v) is 7.91. The molecule has 0 fully saturated rings. The Morgan fingerprint density at radius 3 is 3.09 bits per heavy atom. The molecule has 2 N–H and O–H groups in total. The fourth-order valence-electron chi connectivity index (χ4n) is 2.70. The smallest absolute Gasteiger partial charge is 0.319 e. The molecule has 1 aromatic carbocycles. The number of anilines is 1. The minimum Gasteiger partial charge on any atom is -0.338 e. The zero-order valence-corrected chi connectivity index (χ0v) is 13.0. The standard InChI is InChI=1S/C17H21N5O/c23-17(19-10-14-5-2-1-3-6-14)21-16-8-4-7-15(9-16)11-22-13-18-12-20-22/h1-2,4,7-9,12-14H,3,5-6,10-11H2,(H2,19,21,23)/t14-/m0/s1. The number of nitrogens with zero attached hydrogens (tertiary/aromatic N) is 3. The van der Waals surface area contributed by atoms with E-state index in [-0.39, 0.29) is 6.03 Å². The molecule has 3 rings (SSSR count). The van der Waals surface area contributed by atoms with Gasteiger partial charge in [0.1, 0.15) is 12.7 Å². The van der Waals surface area contributed by atoms with Crippen molar-refractivity contribution in [2.45, 2.75) is 25.8 Å².